The van der Waals surface area contributed by atoms with Gasteiger partial charge in [0.2, 0.25) is 0 Å². The highest BCUT2D eigenvalue weighted by molar-refractivity contribution is 14.1. The molecule has 1 atom stereocenters. The highest BCUT2D eigenvalue weighted by Crippen LogP contribution is 2.22. The summed E-state index contributed by atoms with van der Waals surface area (Å²) in [5.41, 5.74) is 1.19. The van der Waals surface area contributed by atoms with Crippen LogP contribution in [0, 0.1) is 18.8 Å². The van der Waals surface area contributed by atoms with Crippen molar-refractivity contribution in [1.29, 1.82) is 0 Å². The molecule has 1 aromatic carbocycles. The molecule has 0 aliphatic heterocycles. The van der Waals surface area contributed by atoms with E-state index in [4.69, 9.17) is 9.47 Å². The maximum absolute atomic E-state index is 11.9. The number of alkyl halides is 1. The Bertz CT molecular complexity index is 497. The number of ether oxygens (including phenoxy) is 2. The average Bonchev–Trinajstić information content (AvgIpc) is 2.40. The topological polar surface area (TPSA) is 52.6 Å². The van der Waals surface area contributed by atoms with Crippen molar-refractivity contribution in [1.82, 2.24) is 0 Å². The van der Waals surface area contributed by atoms with Crippen molar-refractivity contribution in [2.45, 2.75) is 27.7 Å². The van der Waals surface area contributed by atoms with E-state index in [-0.39, 0.29) is 23.8 Å². The lowest BCUT2D eigenvalue weighted by molar-refractivity contribution is -0.139. The predicted molar refractivity (Wildman–Crippen MR) is 85.1 cm³/mol. The smallest absolute Gasteiger partial charge is 0.338 e. The molecule has 5 heteroatoms. The Morgan fingerprint density at radius 2 is 1.90 bits per heavy atom. The molecule has 1 rings (SSSR count). The van der Waals surface area contributed by atoms with Crippen LogP contribution in [0.2, 0.25) is 0 Å². The lowest BCUT2D eigenvalue weighted by Gasteiger charge is -2.15. The van der Waals surface area contributed by atoms with Crippen LogP contribution in [0.1, 0.15) is 36.7 Å². The third kappa shape index (κ3) is 4.47. The highest BCUT2D eigenvalue weighted by Gasteiger charge is 2.20. The van der Waals surface area contributed by atoms with Crippen molar-refractivity contribution >= 4 is 34.5 Å². The van der Waals surface area contributed by atoms with Gasteiger partial charge in [0.1, 0.15) is 10.4 Å². The number of aryl methyl sites for hydroxylation is 1. The van der Waals surface area contributed by atoms with Gasteiger partial charge in [0.05, 0.1) is 11.5 Å². The normalized spacial score (nSPS) is 12.1. The predicted octanol–water partition coefficient (Wildman–Crippen LogP) is 3.74. The summed E-state index contributed by atoms with van der Waals surface area (Å²) in [5, 5.41) is 0. The molecule has 0 radical (unpaired) electrons. The molecule has 0 heterocycles. The van der Waals surface area contributed by atoms with Crippen LogP contribution in [0.3, 0.4) is 0 Å². The van der Waals surface area contributed by atoms with Gasteiger partial charge in [-0.05, 0) is 59.2 Å². The number of carbonyl (C=O) groups excluding carboxylic acids is 2. The molecule has 0 spiro atoms. The molecule has 0 aromatic heterocycles. The second-order valence-electron chi connectivity index (χ2n) is 4.97. The number of esters is 2. The summed E-state index contributed by atoms with van der Waals surface area (Å²) in [4.78, 5) is 23.5. The van der Waals surface area contributed by atoms with Crippen molar-refractivity contribution in [3.8, 4) is 5.75 Å². The van der Waals surface area contributed by atoms with Crippen LogP contribution in [0.15, 0.2) is 18.2 Å². The number of hydrogen-bond donors (Lipinski definition) is 0. The van der Waals surface area contributed by atoms with Gasteiger partial charge in [-0.15, -0.1) is 0 Å². The van der Waals surface area contributed by atoms with Gasteiger partial charge in [-0.2, -0.15) is 0 Å². The molecule has 0 N–H and O–H groups in total. The monoisotopic (exact) mass is 390 g/mol. The van der Waals surface area contributed by atoms with E-state index in [2.05, 4.69) is 0 Å². The van der Waals surface area contributed by atoms with Gasteiger partial charge in [0.25, 0.3) is 0 Å². The molecule has 1 unspecified atom stereocenters. The van der Waals surface area contributed by atoms with Crippen LogP contribution in [-0.4, -0.2) is 16.6 Å². The van der Waals surface area contributed by atoms with E-state index in [0.29, 0.717) is 15.9 Å². The van der Waals surface area contributed by atoms with Crippen molar-refractivity contribution in [2.75, 3.05) is 4.61 Å². The zero-order valence-corrected chi connectivity index (χ0v) is 14.3. The molecule has 0 aliphatic carbocycles. The van der Waals surface area contributed by atoms with Gasteiger partial charge in [0, 0.05) is 0 Å². The first-order valence-corrected chi connectivity index (χ1v) is 7.94. The number of hydrogen-bond acceptors (Lipinski definition) is 4. The zero-order valence-electron chi connectivity index (χ0n) is 12.1. The van der Waals surface area contributed by atoms with Gasteiger partial charge in [-0.3, -0.25) is 4.79 Å². The molecule has 0 saturated carbocycles. The Balaban J connectivity index is 2.84. The van der Waals surface area contributed by atoms with Gasteiger partial charge in [0.15, 0.2) is 0 Å². The first-order valence-electron chi connectivity index (χ1n) is 6.42. The van der Waals surface area contributed by atoms with Crippen LogP contribution < -0.4 is 4.74 Å². The van der Waals surface area contributed by atoms with Crippen LogP contribution in [0.5, 0.6) is 5.75 Å². The largest absolute Gasteiger partial charge is 0.451 e. The first-order chi connectivity index (χ1) is 9.36. The first kappa shape index (κ1) is 16.9. The quantitative estimate of drug-likeness (QED) is 0.333. The maximum Gasteiger partial charge on any atom is 0.338 e. The molecule has 0 fully saturated rings. The van der Waals surface area contributed by atoms with E-state index in [9.17, 15) is 9.59 Å². The molecule has 20 heavy (non-hydrogen) atoms. The summed E-state index contributed by atoms with van der Waals surface area (Å²) in [6, 6.07) is 4.89. The van der Waals surface area contributed by atoms with Crippen molar-refractivity contribution in [2.24, 2.45) is 11.8 Å². The van der Waals surface area contributed by atoms with E-state index in [1.165, 1.54) is 0 Å². The molecule has 1 aromatic rings. The molecule has 0 aliphatic rings. The minimum Gasteiger partial charge on any atom is -0.451 e. The fourth-order valence-electron chi connectivity index (χ4n) is 1.50. The highest BCUT2D eigenvalue weighted by atomic mass is 127. The van der Waals surface area contributed by atoms with Crippen LogP contribution in [0.4, 0.5) is 0 Å². The van der Waals surface area contributed by atoms with Crippen molar-refractivity contribution in [3.63, 3.8) is 0 Å². The molecule has 110 valence electrons. The summed E-state index contributed by atoms with van der Waals surface area (Å²) in [6.45, 7) is 7.59. The second-order valence-corrected chi connectivity index (χ2v) is 5.60. The SMILES string of the molecule is Cc1cc(C(=O)OCI)ccc1OC(=O)C(C)C(C)C. The Hall–Kier alpha value is -1.11. The molecular formula is C15H19IO4. The standard InChI is InChI=1S/C15H19IO4/c1-9(2)11(4)14(17)20-13-6-5-12(7-10(13)3)15(18)19-8-16/h5-7,9,11H,8H2,1-4H3. The van der Waals surface area contributed by atoms with Crippen LogP contribution in [0.25, 0.3) is 0 Å². The molecule has 0 amide bonds. The van der Waals surface area contributed by atoms with Crippen molar-refractivity contribution < 1.29 is 19.1 Å². The zero-order chi connectivity index (χ0) is 15.3. The summed E-state index contributed by atoms with van der Waals surface area (Å²) in [6.07, 6.45) is 0. The number of rotatable bonds is 5. The Kier molecular flexibility index (Phi) is 6.45. The van der Waals surface area contributed by atoms with Gasteiger partial charge in [-0.25, -0.2) is 4.79 Å². The molecule has 0 bridgehead atoms. The third-order valence-corrected chi connectivity index (χ3v) is 3.49. The third-order valence-electron chi connectivity index (χ3n) is 3.18. The Morgan fingerprint density at radius 3 is 2.40 bits per heavy atom. The van der Waals surface area contributed by atoms with Gasteiger partial charge in [-0.1, -0.05) is 20.8 Å². The minimum absolute atomic E-state index is 0.168. The summed E-state index contributed by atoms with van der Waals surface area (Å²) in [7, 11) is 0. The maximum atomic E-state index is 11.9. The summed E-state index contributed by atoms with van der Waals surface area (Å²) >= 11 is 1.96. The van der Waals surface area contributed by atoms with E-state index < -0.39 is 0 Å². The van der Waals surface area contributed by atoms with Crippen LogP contribution >= 0.6 is 22.6 Å². The summed E-state index contributed by atoms with van der Waals surface area (Å²) < 4.78 is 10.6. The van der Waals surface area contributed by atoms with E-state index in [0.717, 1.165) is 5.56 Å². The second kappa shape index (κ2) is 7.61. The van der Waals surface area contributed by atoms with E-state index >= 15 is 0 Å². The number of benzene rings is 1. The lowest BCUT2D eigenvalue weighted by atomic mass is 9.98. The van der Waals surface area contributed by atoms with Gasteiger partial charge < -0.3 is 9.47 Å². The van der Waals surface area contributed by atoms with Crippen LogP contribution in [-0.2, 0) is 9.53 Å². The van der Waals surface area contributed by atoms with E-state index in [1.54, 1.807) is 25.1 Å². The minimum atomic E-state index is -0.379. The molecular weight excluding hydrogens is 371 g/mol. The molecule has 4 nitrogen and oxygen atoms in total. The average molecular weight is 390 g/mol. The van der Waals surface area contributed by atoms with Crippen molar-refractivity contribution in [3.05, 3.63) is 29.3 Å². The van der Waals surface area contributed by atoms with Gasteiger partial charge >= 0.3 is 11.9 Å². The fraction of sp³-hybridized carbons (Fsp3) is 0.467. The Morgan fingerprint density at radius 1 is 1.25 bits per heavy atom. The lowest BCUT2D eigenvalue weighted by Crippen LogP contribution is -2.22. The fourth-order valence-corrected chi connectivity index (χ4v) is 1.78. The summed E-state index contributed by atoms with van der Waals surface area (Å²) in [5.74, 6) is -0.103. The molecule has 0 saturated heterocycles. The number of halogens is 1. The Labute approximate surface area is 133 Å². The van der Waals surface area contributed by atoms with E-state index in [1.807, 2.05) is 43.4 Å². The number of carbonyl (C=O) groups is 2.